The van der Waals surface area contributed by atoms with E-state index in [-0.39, 0.29) is 17.2 Å². The second-order valence-electron chi connectivity index (χ2n) is 5.88. The van der Waals surface area contributed by atoms with Crippen LogP contribution in [0.25, 0.3) is 0 Å². The highest BCUT2D eigenvalue weighted by Crippen LogP contribution is 2.29. The van der Waals surface area contributed by atoms with Crippen LogP contribution < -0.4 is 4.74 Å². The number of halogens is 1. The number of carbonyl (C=O) groups is 2. The fourth-order valence-electron chi connectivity index (χ4n) is 2.31. The maximum atomic E-state index is 13.0. The molecule has 0 unspecified atom stereocenters. The molecule has 0 fully saturated rings. The predicted octanol–water partition coefficient (Wildman–Crippen LogP) is 3.29. The van der Waals surface area contributed by atoms with Crippen molar-refractivity contribution in [2.24, 2.45) is 7.05 Å². The molecular weight excluding hydrogens is 330 g/mol. The number of hydrogen-bond acceptors (Lipinski definition) is 4. The number of benzene rings is 1. The Morgan fingerprint density at radius 2 is 1.79 bits per heavy atom. The summed E-state index contributed by atoms with van der Waals surface area (Å²) in [6, 6.07) is 1.75. The van der Waals surface area contributed by atoms with Crippen LogP contribution in [0.3, 0.4) is 0 Å². The minimum absolute atomic E-state index is 0.114. The van der Waals surface area contributed by atoms with Crippen LogP contribution in [0.2, 0.25) is 5.02 Å². The minimum atomic E-state index is -0.576. The summed E-state index contributed by atoms with van der Waals surface area (Å²) in [5.74, 6) is -0.145. The van der Waals surface area contributed by atoms with Crippen molar-refractivity contribution in [1.29, 1.82) is 0 Å². The zero-order valence-electron chi connectivity index (χ0n) is 14.6. The Kier molecular flexibility index (Phi) is 4.99. The molecule has 0 saturated carbocycles. The quantitative estimate of drug-likeness (QED) is 0.797. The standard InChI is InChI=1S/C17H20ClN3O3/c1-9-7-12(10(2)11(3)14(9)18)15(22)13-8-19-21(6)16(13)24-17(23)20(4)5/h7-8H,1-6H3. The molecule has 0 aliphatic carbocycles. The van der Waals surface area contributed by atoms with Gasteiger partial charge in [-0.15, -0.1) is 0 Å². The molecule has 0 radical (unpaired) electrons. The Morgan fingerprint density at radius 1 is 1.17 bits per heavy atom. The molecule has 0 atom stereocenters. The Bertz CT molecular complexity index is 825. The molecule has 0 N–H and O–H groups in total. The first-order valence-corrected chi connectivity index (χ1v) is 7.75. The molecule has 1 amide bonds. The summed E-state index contributed by atoms with van der Waals surface area (Å²) < 4.78 is 6.65. The number of carbonyl (C=O) groups excluding carboxylic acids is 2. The van der Waals surface area contributed by atoms with Crippen molar-refractivity contribution >= 4 is 23.5 Å². The van der Waals surface area contributed by atoms with Crippen molar-refractivity contribution in [3.8, 4) is 5.88 Å². The Morgan fingerprint density at radius 3 is 2.38 bits per heavy atom. The van der Waals surface area contributed by atoms with Gasteiger partial charge in [0.2, 0.25) is 5.88 Å². The molecule has 6 nitrogen and oxygen atoms in total. The van der Waals surface area contributed by atoms with E-state index in [2.05, 4.69) is 5.10 Å². The number of hydrogen-bond donors (Lipinski definition) is 0. The monoisotopic (exact) mass is 349 g/mol. The highest BCUT2D eigenvalue weighted by molar-refractivity contribution is 6.32. The number of nitrogens with zero attached hydrogens (tertiary/aromatic N) is 3. The zero-order valence-corrected chi connectivity index (χ0v) is 15.4. The van der Waals surface area contributed by atoms with Crippen LogP contribution in [-0.2, 0) is 7.05 Å². The van der Waals surface area contributed by atoms with Gasteiger partial charge in [-0.2, -0.15) is 5.10 Å². The van der Waals surface area contributed by atoms with Crippen LogP contribution in [-0.4, -0.2) is 40.7 Å². The highest BCUT2D eigenvalue weighted by Gasteiger charge is 2.24. The maximum Gasteiger partial charge on any atom is 0.416 e. The van der Waals surface area contributed by atoms with Gasteiger partial charge in [0, 0.05) is 31.7 Å². The molecule has 1 heterocycles. The lowest BCUT2D eigenvalue weighted by Crippen LogP contribution is -2.26. The first kappa shape index (κ1) is 18.0. The van der Waals surface area contributed by atoms with Gasteiger partial charge in [-0.05, 0) is 43.5 Å². The molecule has 7 heteroatoms. The van der Waals surface area contributed by atoms with Gasteiger partial charge in [-0.25, -0.2) is 9.48 Å². The van der Waals surface area contributed by atoms with Crippen LogP contribution in [0.1, 0.15) is 32.6 Å². The third kappa shape index (κ3) is 3.14. The fourth-order valence-corrected chi connectivity index (χ4v) is 2.50. The van der Waals surface area contributed by atoms with E-state index in [1.54, 1.807) is 27.2 Å². The zero-order chi connectivity index (χ0) is 18.2. The topological polar surface area (TPSA) is 64.4 Å². The lowest BCUT2D eigenvalue weighted by Gasteiger charge is -2.14. The third-order valence-corrected chi connectivity index (χ3v) is 4.51. The van der Waals surface area contributed by atoms with Crippen LogP contribution in [0, 0.1) is 20.8 Å². The van der Waals surface area contributed by atoms with Crippen molar-refractivity contribution < 1.29 is 14.3 Å². The molecule has 24 heavy (non-hydrogen) atoms. The summed E-state index contributed by atoms with van der Waals surface area (Å²) in [6.07, 6.45) is 0.826. The van der Waals surface area contributed by atoms with E-state index in [1.165, 1.54) is 15.8 Å². The van der Waals surface area contributed by atoms with Crippen molar-refractivity contribution in [3.05, 3.63) is 45.1 Å². The lowest BCUT2D eigenvalue weighted by molar-refractivity contribution is 0.103. The number of aryl methyl sites for hydroxylation is 2. The first-order chi connectivity index (χ1) is 11.1. The Labute approximate surface area is 146 Å². The summed E-state index contributed by atoms with van der Waals surface area (Å²) in [6.45, 7) is 5.56. The molecule has 0 aliphatic rings. The molecule has 0 saturated heterocycles. The van der Waals surface area contributed by atoms with E-state index in [0.717, 1.165) is 16.7 Å². The van der Waals surface area contributed by atoms with Crippen LogP contribution in [0.4, 0.5) is 4.79 Å². The van der Waals surface area contributed by atoms with Gasteiger partial charge in [0.1, 0.15) is 5.56 Å². The van der Waals surface area contributed by atoms with Gasteiger partial charge < -0.3 is 9.64 Å². The molecule has 128 valence electrons. The third-order valence-electron chi connectivity index (χ3n) is 3.93. The Hall–Kier alpha value is -2.34. The first-order valence-electron chi connectivity index (χ1n) is 7.37. The van der Waals surface area contributed by atoms with Gasteiger partial charge in [-0.3, -0.25) is 4.79 Å². The normalized spacial score (nSPS) is 10.6. The maximum absolute atomic E-state index is 13.0. The van der Waals surface area contributed by atoms with E-state index in [0.29, 0.717) is 10.6 Å². The molecule has 2 rings (SSSR count). The lowest BCUT2D eigenvalue weighted by atomic mass is 9.95. The summed E-state index contributed by atoms with van der Waals surface area (Å²) in [4.78, 5) is 26.1. The SMILES string of the molecule is Cc1cc(C(=O)c2cnn(C)c2OC(=O)N(C)C)c(C)c(C)c1Cl. The van der Waals surface area contributed by atoms with Crippen molar-refractivity contribution in [2.75, 3.05) is 14.1 Å². The van der Waals surface area contributed by atoms with Gasteiger partial charge in [0.15, 0.2) is 5.78 Å². The summed E-state index contributed by atoms with van der Waals surface area (Å²) in [5.41, 5.74) is 3.22. The van der Waals surface area contributed by atoms with Crippen LogP contribution >= 0.6 is 11.6 Å². The largest absolute Gasteiger partial charge is 0.416 e. The van der Waals surface area contributed by atoms with E-state index in [9.17, 15) is 9.59 Å². The molecular formula is C17H20ClN3O3. The second-order valence-corrected chi connectivity index (χ2v) is 6.26. The molecule has 0 bridgehead atoms. The van der Waals surface area contributed by atoms with Gasteiger partial charge in [0.05, 0.1) is 6.20 Å². The fraction of sp³-hybridized carbons (Fsp3) is 0.353. The molecule has 1 aromatic carbocycles. The summed E-state index contributed by atoms with van der Waals surface area (Å²) in [5, 5.41) is 4.69. The van der Waals surface area contributed by atoms with Crippen molar-refractivity contribution in [2.45, 2.75) is 20.8 Å². The van der Waals surface area contributed by atoms with E-state index in [1.807, 2.05) is 20.8 Å². The van der Waals surface area contributed by atoms with E-state index < -0.39 is 6.09 Å². The van der Waals surface area contributed by atoms with Crippen molar-refractivity contribution in [3.63, 3.8) is 0 Å². The summed E-state index contributed by atoms with van der Waals surface area (Å²) >= 11 is 6.24. The number of rotatable bonds is 3. The minimum Gasteiger partial charge on any atom is -0.391 e. The highest BCUT2D eigenvalue weighted by atomic mass is 35.5. The van der Waals surface area contributed by atoms with Crippen molar-refractivity contribution in [1.82, 2.24) is 14.7 Å². The average molecular weight is 350 g/mol. The van der Waals surface area contributed by atoms with Gasteiger partial charge >= 0.3 is 6.09 Å². The van der Waals surface area contributed by atoms with Gasteiger partial charge in [-0.1, -0.05) is 11.6 Å². The molecule has 0 spiro atoms. The number of ketones is 1. The summed E-state index contributed by atoms with van der Waals surface area (Å²) in [7, 11) is 4.74. The average Bonchev–Trinajstić information content (AvgIpc) is 2.89. The predicted molar refractivity (Wildman–Crippen MR) is 92.0 cm³/mol. The van der Waals surface area contributed by atoms with E-state index >= 15 is 0 Å². The van der Waals surface area contributed by atoms with E-state index in [4.69, 9.17) is 16.3 Å². The number of aromatic nitrogens is 2. The molecule has 2 aromatic rings. The van der Waals surface area contributed by atoms with Crippen LogP contribution in [0.5, 0.6) is 5.88 Å². The molecule has 0 aliphatic heterocycles. The number of ether oxygens (including phenoxy) is 1. The smallest absolute Gasteiger partial charge is 0.391 e. The Balaban J connectivity index is 2.51. The second kappa shape index (κ2) is 6.65. The molecule has 1 aromatic heterocycles. The van der Waals surface area contributed by atoms with Crippen LogP contribution in [0.15, 0.2) is 12.3 Å². The number of amides is 1. The van der Waals surface area contributed by atoms with Gasteiger partial charge in [0.25, 0.3) is 0 Å².